The molecule has 0 aliphatic heterocycles. The van der Waals surface area contributed by atoms with Gasteiger partial charge in [0.15, 0.2) is 11.6 Å². The van der Waals surface area contributed by atoms with Gasteiger partial charge in [0, 0.05) is 29.8 Å². The van der Waals surface area contributed by atoms with Gasteiger partial charge in [-0.25, -0.2) is 4.68 Å². The lowest BCUT2D eigenvalue weighted by molar-refractivity contribution is -0.111. The molecule has 0 unspecified atom stereocenters. The number of amides is 1. The van der Waals surface area contributed by atoms with Crippen LogP contribution in [0.15, 0.2) is 85.2 Å². The Morgan fingerprint density at radius 3 is 2.43 bits per heavy atom. The number of carbonyl (C=O) groups is 1. The second kappa shape index (κ2) is 8.83. The van der Waals surface area contributed by atoms with Gasteiger partial charge in [-0.1, -0.05) is 24.3 Å². The molecule has 1 amide bonds. The smallest absolute Gasteiger partial charge is 0.248 e. The molecule has 2 aromatic heterocycles. The average Bonchev–Trinajstić information content (AvgIpc) is 3.30. The molecule has 0 fully saturated rings. The van der Waals surface area contributed by atoms with E-state index in [0.717, 1.165) is 16.8 Å². The van der Waals surface area contributed by atoms with E-state index < -0.39 is 0 Å². The van der Waals surface area contributed by atoms with Crippen molar-refractivity contribution in [3.63, 3.8) is 0 Å². The largest absolute Gasteiger partial charge is 0.339 e. The molecule has 0 bridgehead atoms. The molecule has 4 aromatic rings. The van der Waals surface area contributed by atoms with Crippen LogP contribution in [-0.4, -0.2) is 25.9 Å². The predicted octanol–water partition coefficient (Wildman–Crippen LogP) is 4.37. The van der Waals surface area contributed by atoms with Crippen molar-refractivity contribution in [2.75, 3.05) is 10.6 Å². The van der Waals surface area contributed by atoms with Crippen LogP contribution in [0.2, 0.25) is 0 Å². The van der Waals surface area contributed by atoms with Crippen LogP contribution in [0.1, 0.15) is 11.1 Å². The Morgan fingerprint density at radius 2 is 1.73 bits per heavy atom. The summed E-state index contributed by atoms with van der Waals surface area (Å²) in [6, 6.07) is 20.8. The molecule has 0 atom stereocenters. The lowest BCUT2D eigenvalue weighted by atomic mass is 10.1. The maximum atomic E-state index is 12.2. The van der Waals surface area contributed by atoms with Crippen molar-refractivity contribution in [2.45, 2.75) is 6.92 Å². The highest BCUT2D eigenvalue weighted by atomic mass is 16.1. The molecule has 2 heterocycles. The van der Waals surface area contributed by atoms with E-state index in [4.69, 9.17) is 0 Å². The standard InChI is InChI=1S/C23H20N6O/c1-17-5-2-3-6-18(17)7-14-23(30)26-20-10-8-19(9-11-20)25-21-12-13-22(28-27-21)29-16-4-15-24-29/h2-16H,1H3,(H,25,27)(H,26,30)/b14-7+. The summed E-state index contributed by atoms with van der Waals surface area (Å²) in [7, 11) is 0. The molecule has 2 N–H and O–H groups in total. The molecular formula is C23H20N6O. The van der Waals surface area contributed by atoms with Gasteiger partial charge < -0.3 is 10.6 Å². The summed E-state index contributed by atoms with van der Waals surface area (Å²) in [4.78, 5) is 12.2. The van der Waals surface area contributed by atoms with E-state index in [-0.39, 0.29) is 5.91 Å². The number of benzene rings is 2. The van der Waals surface area contributed by atoms with Gasteiger partial charge >= 0.3 is 0 Å². The highest BCUT2D eigenvalue weighted by Gasteiger charge is 2.02. The van der Waals surface area contributed by atoms with Crippen molar-refractivity contribution < 1.29 is 4.79 Å². The van der Waals surface area contributed by atoms with Gasteiger partial charge in [-0.2, -0.15) is 5.10 Å². The van der Waals surface area contributed by atoms with E-state index in [0.29, 0.717) is 17.3 Å². The first-order valence-electron chi connectivity index (χ1n) is 9.43. The second-order valence-electron chi connectivity index (χ2n) is 6.61. The summed E-state index contributed by atoms with van der Waals surface area (Å²) < 4.78 is 1.64. The summed E-state index contributed by atoms with van der Waals surface area (Å²) in [5.41, 5.74) is 3.69. The molecule has 0 aliphatic rings. The van der Waals surface area contributed by atoms with Gasteiger partial charge in [0.1, 0.15) is 0 Å². The predicted molar refractivity (Wildman–Crippen MR) is 118 cm³/mol. The fourth-order valence-electron chi connectivity index (χ4n) is 2.83. The molecule has 0 radical (unpaired) electrons. The van der Waals surface area contributed by atoms with Crippen LogP contribution >= 0.6 is 0 Å². The Balaban J connectivity index is 1.35. The molecule has 7 heteroatoms. The van der Waals surface area contributed by atoms with Gasteiger partial charge in [0.05, 0.1) is 0 Å². The normalized spacial score (nSPS) is 10.8. The minimum absolute atomic E-state index is 0.181. The summed E-state index contributed by atoms with van der Waals surface area (Å²) >= 11 is 0. The van der Waals surface area contributed by atoms with Crippen molar-refractivity contribution in [1.82, 2.24) is 20.0 Å². The van der Waals surface area contributed by atoms with E-state index in [2.05, 4.69) is 25.9 Å². The molecule has 0 saturated carbocycles. The molecule has 0 spiro atoms. The maximum Gasteiger partial charge on any atom is 0.248 e. The van der Waals surface area contributed by atoms with Crippen LogP contribution in [0, 0.1) is 6.92 Å². The molecule has 4 rings (SSSR count). The average molecular weight is 396 g/mol. The first-order chi connectivity index (χ1) is 14.7. The number of anilines is 3. The lowest BCUT2D eigenvalue weighted by Gasteiger charge is -2.07. The van der Waals surface area contributed by atoms with Crippen molar-refractivity contribution >= 4 is 29.2 Å². The molecule has 148 valence electrons. The topological polar surface area (TPSA) is 84.7 Å². The van der Waals surface area contributed by atoms with E-state index in [9.17, 15) is 4.79 Å². The molecule has 30 heavy (non-hydrogen) atoms. The molecule has 0 saturated heterocycles. The zero-order valence-corrected chi connectivity index (χ0v) is 16.4. The number of aromatic nitrogens is 4. The van der Waals surface area contributed by atoms with Gasteiger partial charge in [-0.05, 0) is 66.6 Å². The van der Waals surface area contributed by atoms with Crippen LogP contribution in [0.5, 0.6) is 0 Å². The van der Waals surface area contributed by atoms with Crippen LogP contribution in [0.4, 0.5) is 17.2 Å². The van der Waals surface area contributed by atoms with Crippen molar-refractivity contribution in [3.8, 4) is 5.82 Å². The van der Waals surface area contributed by atoms with Gasteiger partial charge in [-0.3, -0.25) is 4.79 Å². The van der Waals surface area contributed by atoms with Crippen molar-refractivity contribution in [2.24, 2.45) is 0 Å². The Morgan fingerprint density at radius 1 is 0.933 bits per heavy atom. The number of aryl methyl sites for hydroxylation is 1. The zero-order valence-electron chi connectivity index (χ0n) is 16.4. The highest BCUT2D eigenvalue weighted by molar-refractivity contribution is 6.02. The summed E-state index contributed by atoms with van der Waals surface area (Å²) in [6.45, 7) is 2.01. The van der Waals surface area contributed by atoms with Crippen LogP contribution in [-0.2, 0) is 4.79 Å². The number of nitrogens with zero attached hydrogens (tertiary/aromatic N) is 4. The van der Waals surface area contributed by atoms with Gasteiger partial charge in [0.25, 0.3) is 0 Å². The van der Waals surface area contributed by atoms with Crippen molar-refractivity contribution in [3.05, 3.63) is 96.3 Å². The van der Waals surface area contributed by atoms with E-state index in [1.165, 1.54) is 6.08 Å². The number of carbonyl (C=O) groups excluding carboxylic acids is 1. The number of hydrogen-bond donors (Lipinski definition) is 2. The van der Waals surface area contributed by atoms with Crippen LogP contribution < -0.4 is 10.6 Å². The Kier molecular flexibility index (Phi) is 5.61. The number of rotatable bonds is 6. The van der Waals surface area contributed by atoms with Gasteiger partial charge in [0.2, 0.25) is 5.91 Å². The molecular weight excluding hydrogens is 376 g/mol. The third-order valence-electron chi connectivity index (χ3n) is 4.42. The van der Waals surface area contributed by atoms with Gasteiger partial charge in [-0.15, -0.1) is 10.2 Å². The third kappa shape index (κ3) is 4.77. The minimum atomic E-state index is -0.181. The molecule has 2 aromatic carbocycles. The minimum Gasteiger partial charge on any atom is -0.339 e. The second-order valence-corrected chi connectivity index (χ2v) is 6.61. The first kappa shape index (κ1) is 19.1. The molecule has 7 nitrogen and oxygen atoms in total. The van der Waals surface area contributed by atoms with Crippen LogP contribution in [0.25, 0.3) is 11.9 Å². The van der Waals surface area contributed by atoms with E-state index in [1.54, 1.807) is 17.1 Å². The first-order valence-corrected chi connectivity index (χ1v) is 9.43. The Bertz CT molecular complexity index is 1150. The van der Waals surface area contributed by atoms with E-state index >= 15 is 0 Å². The maximum absolute atomic E-state index is 12.2. The monoisotopic (exact) mass is 396 g/mol. The quantitative estimate of drug-likeness (QED) is 0.473. The summed E-state index contributed by atoms with van der Waals surface area (Å²) in [5, 5.41) is 18.5. The van der Waals surface area contributed by atoms with Crippen molar-refractivity contribution in [1.29, 1.82) is 0 Å². The summed E-state index contributed by atoms with van der Waals surface area (Å²) in [6.07, 6.45) is 6.84. The number of hydrogen-bond acceptors (Lipinski definition) is 5. The van der Waals surface area contributed by atoms with Crippen LogP contribution in [0.3, 0.4) is 0 Å². The summed E-state index contributed by atoms with van der Waals surface area (Å²) in [5.74, 6) is 1.07. The fourth-order valence-corrected chi connectivity index (χ4v) is 2.83. The lowest BCUT2D eigenvalue weighted by Crippen LogP contribution is -2.07. The SMILES string of the molecule is Cc1ccccc1/C=C/C(=O)Nc1ccc(Nc2ccc(-n3cccn3)nn2)cc1. The molecule has 0 aliphatic carbocycles. The third-order valence-corrected chi connectivity index (χ3v) is 4.42. The Hall–Kier alpha value is -4.26. The zero-order chi connectivity index (χ0) is 20.8. The number of nitrogens with one attached hydrogen (secondary N) is 2. The Labute approximate surface area is 174 Å². The fraction of sp³-hybridized carbons (Fsp3) is 0.0435. The van der Waals surface area contributed by atoms with E-state index in [1.807, 2.05) is 79.7 Å². The highest BCUT2D eigenvalue weighted by Crippen LogP contribution is 2.18.